The molecule has 1 atom stereocenters. The summed E-state index contributed by atoms with van der Waals surface area (Å²) < 4.78 is 31.0. The molecule has 3 nitrogen and oxygen atoms in total. The van der Waals surface area contributed by atoms with Gasteiger partial charge in [-0.3, -0.25) is 0 Å². The molecule has 1 aromatic heterocycles. The molecule has 0 saturated carbocycles. The van der Waals surface area contributed by atoms with Gasteiger partial charge in [-0.15, -0.1) is 0 Å². The lowest BCUT2D eigenvalue weighted by Crippen LogP contribution is -2.03. The summed E-state index contributed by atoms with van der Waals surface area (Å²) in [5.41, 5.74) is 0.950. The Morgan fingerprint density at radius 3 is 2.42 bits per heavy atom. The Hall–Kier alpha value is -2.01. The maximum Gasteiger partial charge on any atom is 0.212 e. The van der Waals surface area contributed by atoms with Crippen molar-refractivity contribution in [3.05, 3.63) is 59.3 Å². The van der Waals surface area contributed by atoms with E-state index in [4.69, 9.17) is 4.74 Å². The number of aliphatic hydroxyl groups is 1. The fourth-order valence-electron chi connectivity index (χ4n) is 1.76. The van der Waals surface area contributed by atoms with Crippen molar-refractivity contribution in [2.45, 2.75) is 12.5 Å². The fraction of sp³-hybridized carbons (Fsp3) is 0.214. The van der Waals surface area contributed by atoms with Gasteiger partial charge in [0.25, 0.3) is 0 Å². The van der Waals surface area contributed by atoms with Gasteiger partial charge in [-0.25, -0.2) is 13.8 Å². The Morgan fingerprint density at radius 1 is 1.21 bits per heavy atom. The van der Waals surface area contributed by atoms with E-state index in [1.807, 2.05) is 0 Å². The van der Waals surface area contributed by atoms with Crippen LogP contribution in [0.25, 0.3) is 0 Å². The molecule has 0 saturated heterocycles. The zero-order valence-corrected chi connectivity index (χ0v) is 10.3. The molecule has 1 N–H and O–H groups in total. The summed E-state index contributed by atoms with van der Waals surface area (Å²) in [6.07, 6.45) is 0.790. The quantitative estimate of drug-likeness (QED) is 0.924. The number of pyridine rings is 1. The van der Waals surface area contributed by atoms with Crippen molar-refractivity contribution in [3.8, 4) is 5.88 Å². The average molecular weight is 265 g/mol. The number of methoxy groups -OCH3 is 1. The average Bonchev–Trinajstić information content (AvgIpc) is 2.38. The number of nitrogens with zero attached hydrogens (tertiary/aromatic N) is 1. The second-order valence-corrected chi connectivity index (χ2v) is 4.13. The molecule has 0 amide bonds. The SMILES string of the molecule is COc1ccc(CC(O)c2cc(F)cc(F)c2)cn1. The highest BCUT2D eigenvalue weighted by Gasteiger charge is 2.11. The zero-order chi connectivity index (χ0) is 13.8. The summed E-state index contributed by atoms with van der Waals surface area (Å²) in [5, 5.41) is 9.96. The maximum atomic E-state index is 13.0. The normalized spacial score (nSPS) is 12.2. The number of aliphatic hydroxyl groups excluding tert-OH is 1. The van der Waals surface area contributed by atoms with E-state index in [2.05, 4.69) is 4.98 Å². The molecule has 5 heteroatoms. The Labute approximate surface area is 109 Å². The first-order valence-electron chi connectivity index (χ1n) is 5.71. The minimum Gasteiger partial charge on any atom is -0.481 e. The molecule has 0 radical (unpaired) electrons. The molecule has 2 aromatic rings. The van der Waals surface area contributed by atoms with Crippen molar-refractivity contribution in [2.24, 2.45) is 0 Å². The van der Waals surface area contributed by atoms with Crippen LogP contribution in [0.1, 0.15) is 17.2 Å². The fourth-order valence-corrected chi connectivity index (χ4v) is 1.76. The Balaban J connectivity index is 2.13. The van der Waals surface area contributed by atoms with E-state index in [1.54, 1.807) is 18.3 Å². The number of hydrogen-bond acceptors (Lipinski definition) is 3. The number of benzene rings is 1. The largest absolute Gasteiger partial charge is 0.481 e. The van der Waals surface area contributed by atoms with Crippen molar-refractivity contribution in [1.82, 2.24) is 4.98 Å². The van der Waals surface area contributed by atoms with Crippen LogP contribution in [0.3, 0.4) is 0 Å². The van der Waals surface area contributed by atoms with E-state index < -0.39 is 17.7 Å². The molecule has 100 valence electrons. The molecule has 0 aliphatic heterocycles. The third-order valence-corrected chi connectivity index (χ3v) is 2.71. The topological polar surface area (TPSA) is 42.4 Å². The minimum atomic E-state index is -0.986. The van der Waals surface area contributed by atoms with E-state index in [1.165, 1.54) is 7.11 Å². The predicted octanol–water partition coefficient (Wildman–Crippen LogP) is 2.64. The molecule has 0 bridgehead atoms. The van der Waals surface area contributed by atoms with Crippen LogP contribution in [0.15, 0.2) is 36.5 Å². The van der Waals surface area contributed by atoms with Crippen LogP contribution in [0.5, 0.6) is 5.88 Å². The number of rotatable bonds is 4. The molecule has 0 spiro atoms. The van der Waals surface area contributed by atoms with Crippen LogP contribution in [-0.4, -0.2) is 17.2 Å². The zero-order valence-electron chi connectivity index (χ0n) is 10.3. The second-order valence-electron chi connectivity index (χ2n) is 4.13. The minimum absolute atomic E-state index is 0.202. The molecule has 19 heavy (non-hydrogen) atoms. The van der Waals surface area contributed by atoms with E-state index in [0.717, 1.165) is 23.8 Å². The molecule has 0 aliphatic carbocycles. The van der Waals surface area contributed by atoms with Crippen LogP contribution in [0.4, 0.5) is 8.78 Å². The number of halogens is 2. The van der Waals surface area contributed by atoms with Gasteiger partial charge in [0.15, 0.2) is 0 Å². The highest BCUT2D eigenvalue weighted by Crippen LogP contribution is 2.20. The van der Waals surface area contributed by atoms with Crippen LogP contribution >= 0.6 is 0 Å². The summed E-state index contributed by atoms with van der Waals surface area (Å²) >= 11 is 0. The molecule has 1 unspecified atom stereocenters. The Kier molecular flexibility index (Phi) is 4.06. The van der Waals surface area contributed by atoms with Gasteiger partial charge in [0, 0.05) is 24.8 Å². The van der Waals surface area contributed by atoms with Gasteiger partial charge in [0.2, 0.25) is 5.88 Å². The van der Waals surface area contributed by atoms with Crippen molar-refractivity contribution >= 4 is 0 Å². The first-order chi connectivity index (χ1) is 9.08. The first-order valence-corrected chi connectivity index (χ1v) is 5.71. The maximum absolute atomic E-state index is 13.0. The Bertz CT molecular complexity index is 538. The lowest BCUT2D eigenvalue weighted by Gasteiger charge is -2.11. The van der Waals surface area contributed by atoms with Crippen LogP contribution in [0, 0.1) is 11.6 Å². The van der Waals surface area contributed by atoms with Gasteiger partial charge >= 0.3 is 0 Å². The third-order valence-electron chi connectivity index (χ3n) is 2.71. The molecular formula is C14H13F2NO2. The lowest BCUT2D eigenvalue weighted by atomic mass is 10.0. The predicted molar refractivity (Wildman–Crippen MR) is 65.8 cm³/mol. The van der Waals surface area contributed by atoms with Gasteiger partial charge in [0.05, 0.1) is 13.2 Å². The van der Waals surface area contributed by atoms with Crippen molar-refractivity contribution < 1.29 is 18.6 Å². The van der Waals surface area contributed by atoms with Gasteiger partial charge < -0.3 is 9.84 Å². The van der Waals surface area contributed by atoms with E-state index in [-0.39, 0.29) is 12.0 Å². The highest BCUT2D eigenvalue weighted by atomic mass is 19.1. The lowest BCUT2D eigenvalue weighted by molar-refractivity contribution is 0.177. The Morgan fingerprint density at radius 2 is 1.89 bits per heavy atom. The van der Waals surface area contributed by atoms with E-state index in [9.17, 15) is 13.9 Å². The smallest absolute Gasteiger partial charge is 0.212 e. The standard InChI is InChI=1S/C14H13F2NO2/c1-19-14-3-2-9(8-17-14)4-13(18)10-5-11(15)7-12(16)6-10/h2-3,5-8,13,18H,4H2,1H3. The van der Waals surface area contributed by atoms with Crippen LogP contribution in [-0.2, 0) is 6.42 Å². The van der Waals surface area contributed by atoms with Crippen molar-refractivity contribution in [1.29, 1.82) is 0 Å². The summed E-state index contributed by atoms with van der Waals surface area (Å²) in [4.78, 5) is 4.00. The molecule has 0 aliphatic rings. The molecule has 1 heterocycles. The van der Waals surface area contributed by atoms with E-state index >= 15 is 0 Å². The van der Waals surface area contributed by atoms with Gasteiger partial charge in [-0.2, -0.15) is 0 Å². The molecule has 0 fully saturated rings. The van der Waals surface area contributed by atoms with Gasteiger partial charge in [0.1, 0.15) is 11.6 Å². The summed E-state index contributed by atoms with van der Waals surface area (Å²) in [6, 6.07) is 6.40. The summed E-state index contributed by atoms with van der Waals surface area (Å²) in [6.45, 7) is 0. The summed E-state index contributed by atoms with van der Waals surface area (Å²) in [7, 11) is 1.51. The van der Waals surface area contributed by atoms with Crippen molar-refractivity contribution in [3.63, 3.8) is 0 Å². The third kappa shape index (κ3) is 3.48. The monoisotopic (exact) mass is 265 g/mol. The number of ether oxygens (including phenoxy) is 1. The number of hydrogen-bond donors (Lipinski definition) is 1. The first kappa shape index (κ1) is 13.4. The highest BCUT2D eigenvalue weighted by molar-refractivity contribution is 5.24. The molecular weight excluding hydrogens is 252 g/mol. The molecule has 1 aromatic carbocycles. The molecule has 2 rings (SSSR count). The van der Waals surface area contributed by atoms with Crippen LogP contribution < -0.4 is 4.74 Å². The van der Waals surface area contributed by atoms with Gasteiger partial charge in [-0.05, 0) is 23.3 Å². The van der Waals surface area contributed by atoms with Crippen LogP contribution in [0.2, 0.25) is 0 Å². The number of aromatic nitrogens is 1. The second kappa shape index (κ2) is 5.75. The van der Waals surface area contributed by atoms with Crippen molar-refractivity contribution in [2.75, 3.05) is 7.11 Å². The van der Waals surface area contributed by atoms with Gasteiger partial charge in [-0.1, -0.05) is 6.07 Å². The van der Waals surface area contributed by atoms with E-state index in [0.29, 0.717) is 5.88 Å². The summed E-state index contributed by atoms with van der Waals surface area (Å²) in [5.74, 6) is -0.946.